The van der Waals surface area contributed by atoms with E-state index >= 15 is 0 Å². The van der Waals surface area contributed by atoms with E-state index in [1.54, 1.807) is 0 Å². The zero-order chi connectivity index (χ0) is 19.6. The lowest BCUT2D eigenvalue weighted by Crippen LogP contribution is -2.15. The highest BCUT2D eigenvalue weighted by molar-refractivity contribution is 5.27. The molecule has 0 bridgehead atoms. The molecule has 2 aliphatic rings. The first kappa shape index (κ1) is 21.7. The smallest absolute Gasteiger partial charge is 0.119 e. The summed E-state index contributed by atoms with van der Waals surface area (Å²) in [5.74, 6) is 4.97. The molecule has 0 spiro atoms. The summed E-state index contributed by atoms with van der Waals surface area (Å²) in [4.78, 5) is 0. The molecule has 0 aliphatic heterocycles. The molecule has 2 saturated carbocycles. The first-order valence-electron chi connectivity index (χ1n) is 12.4. The van der Waals surface area contributed by atoms with Crippen molar-refractivity contribution in [3.8, 4) is 5.75 Å². The lowest BCUT2D eigenvalue weighted by Gasteiger charge is -2.28. The highest BCUT2D eigenvalue weighted by atomic mass is 16.5. The van der Waals surface area contributed by atoms with Crippen LogP contribution in [0.1, 0.15) is 103 Å². The van der Waals surface area contributed by atoms with Crippen molar-refractivity contribution in [3.05, 3.63) is 29.8 Å². The van der Waals surface area contributed by atoms with Crippen molar-refractivity contribution in [1.29, 1.82) is 0 Å². The predicted molar refractivity (Wildman–Crippen MR) is 121 cm³/mol. The maximum atomic E-state index is 6.00. The van der Waals surface area contributed by atoms with Gasteiger partial charge in [0.2, 0.25) is 0 Å². The van der Waals surface area contributed by atoms with Crippen LogP contribution in [-0.2, 0) is 6.42 Å². The van der Waals surface area contributed by atoms with Crippen LogP contribution in [0.5, 0.6) is 5.75 Å². The van der Waals surface area contributed by atoms with Crippen molar-refractivity contribution < 1.29 is 4.74 Å². The summed E-state index contributed by atoms with van der Waals surface area (Å²) < 4.78 is 6.00. The van der Waals surface area contributed by atoms with Crippen LogP contribution in [0.25, 0.3) is 0 Å². The Morgan fingerprint density at radius 2 is 1.32 bits per heavy atom. The van der Waals surface area contributed by atoms with Crippen LogP contribution >= 0.6 is 0 Å². The monoisotopic (exact) mass is 384 g/mol. The first-order valence-corrected chi connectivity index (χ1v) is 12.4. The molecule has 28 heavy (non-hydrogen) atoms. The quantitative estimate of drug-likeness (QED) is 0.369. The normalized spacial score (nSPS) is 28.2. The minimum Gasteiger partial charge on any atom is -0.494 e. The summed E-state index contributed by atoms with van der Waals surface area (Å²) in [7, 11) is 0. The Kier molecular flexibility index (Phi) is 9.22. The molecule has 1 aromatic rings. The summed E-state index contributed by atoms with van der Waals surface area (Å²) >= 11 is 0. The molecule has 0 saturated heterocycles. The summed E-state index contributed by atoms with van der Waals surface area (Å²) in [5, 5.41) is 0. The van der Waals surface area contributed by atoms with Crippen molar-refractivity contribution in [2.24, 2.45) is 23.7 Å². The fourth-order valence-corrected chi connectivity index (χ4v) is 5.52. The van der Waals surface area contributed by atoms with Crippen LogP contribution in [0.15, 0.2) is 24.3 Å². The van der Waals surface area contributed by atoms with Crippen molar-refractivity contribution >= 4 is 0 Å². The van der Waals surface area contributed by atoms with Gasteiger partial charge in [0.15, 0.2) is 0 Å². The Balaban J connectivity index is 1.27. The van der Waals surface area contributed by atoms with Gasteiger partial charge in [-0.2, -0.15) is 0 Å². The van der Waals surface area contributed by atoms with Crippen LogP contribution in [0, 0.1) is 23.7 Å². The van der Waals surface area contributed by atoms with E-state index in [0.717, 1.165) is 36.0 Å². The number of hydrogen-bond acceptors (Lipinski definition) is 1. The highest BCUT2D eigenvalue weighted by Gasteiger charge is 2.20. The molecule has 0 radical (unpaired) electrons. The minimum absolute atomic E-state index is 0.881. The number of aryl methyl sites for hydroxylation is 1. The van der Waals surface area contributed by atoms with E-state index in [0.29, 0.717) is 0 Å². The van der Waals surface area contributed by atoms with Crippen LogP contribution < -0.4 is 4.74 Å². The molecule has 0 amide bonds. The molecule has 2 fully saturated rings. The maximum Gasteiger partial charge on any atom is 0.119 e. The van der Waals surface area contributed by atoms with E-state index in [1.807, 2.05) is 0 Å². The van der Waals surface area contributed by atoms with E-state index in [-0.39, 0.29) is 0 Å². The van der Waals surface area contributed by atoms with Gasteiger partial charge in [-0.3, -0.25) is 0 Å². The van der Waals surface area contributed by atoms with Crippen LogP contribution in [0.4, 0.5) is 0 Å². The molecular weight excluding hydrogens is 340 g/mol. The third-order valence-electron chi connectivity index (χ3n) is 7.59. The Hall–Kier alpha value is -0.980. The largest absolute Gasteiger partial charge is 0.494 e. The highest BCUT2D eigenvalue weighted by Crippen LogP contribution is 2.34. The van der Waals surface area contributed by atoms with Crippen LogP contribution in [-0.4, -0.2) is 6.61 Å². The van der Waals surface area contributed by atoms with Crippen molar-refractivity contribution in [3.63, 3.8) is 0 Å². The Morgan fingerprint density at radius 3 is 1.96 bits per heavy atom. The average Bonchev–Trinajstić information content (AvgIpc) is 2.73. The molecule has 1 nitrogen and oxygen atoms in total. The zero-order valence-electron chi connectivity index (χ0n) is 18.6. The molecule has 3 rings (SSSR count). The predicted octanol–water partition coefficient (Wildman–Crippen LogP) is 8.21. The Bertz CT molecular complexity index is 518. The van der Waals surface area contributed by atoms with Crippen molar-refractivity contribution in [2.75, 3.05) is 6.61 Å². The molecule has 158 valence electrons. The third-order valence-corrected chi connectivity index (χ3v) is 7.59. The molecule has 0 atom stereocenters. The molecular formula is C27H44O. The SMILES string of the molecule is CCC[C@H]1CC[C@H](CCc2ccc(OCCC[C@H]3CC[C@H](C)CC3)cc2)CC1. The van der Waals surface area contributed by atoms with Gasteiger partial charge in [-0.25, -0.2) is 0 Å². The van der Waals surface area contributed by atoms with E-state index in [1.165, 1.54) is 95.5 Å². The lowest BCUT2D eigenvalue weighted by molar-refractivity contribution is 0.244. The van der Waals surface area contributed by atoms with Crippen LogP contribution in [0.2, 0.25) is 0 Å². The number of benzene rings is 1. The van der Waals surface area contributed by atoms with Gasteiger partial charge in [0, 0.05) is 0 Å². The van der Waals surface area contributed by atoms with Crippen molar-refractivity contribution in [2.45, 2.75) is 104 Å². The van der Waals surface area contributed by atoms with E-state index in [9.17, 15) is 0 Å². The average molecular weight is 385 g/mol. The summed E-state index contributed by atoms with van der Waals surface area (Å²) in [6, 6.07) is 8.96. The first-order chi connectivity index (χ1) is 13.7. The van der Waals surface area contributed by atoms with Gasteiger partial charge in [0.1, 0.15) is 5.75 Å². The van der Waals surface area contributed by atoms with E-state index < -0.39 is 0 Å². The molecule has 2 aliphatic carbocycles. The second-order valence-corrected chi connectivity index (χ2v) is 9.97. The summed E-state index contributed by atoms with van der Waals surface area (Å²) in [5.41, 5.74) is 1.49. The second kappa shape index (κ2) is 11.9. The van der Waals surface area contributed by atoms with Gasteiger partial charge < -0.3 is 4.74 Å². The fourth-order valence-electron chi connectivity index (χ4n) is 5.52. The topological polar surface area (TPSA) is 9.23 Å². The second-order valence-electron chi connectivity index (χ2n) is 9.97. The third kappa shape index (κ3) is 7.45. The van der Waals surface area contributed by atoms with Gasteiger partial charge >= 0.3 is 0 Å². The number of hydrogen-bond donors (Lipinski definition) is 0. The maximum absolute atomic E-state index is 6.00. The molecule has 0 N–H and O–H groups in total. The van der Waals surface area contributed by atoms with Gasteiger partial charge in [0.05, 0.1) is 6.61 Å². The Morgan fingerprint density at radius 1 is 0.750 bits per heavy atom. The van der Waals surface area contributed by atoms with Gasteiger partial charge in [0.25, 0.3) is 0 Å². The van der Waals surface area contributed by atoms with Crippen molar-refractivity contribution in [1.82, 2.24) is 0 Å². The van der Waals surface area contributed by atoms with Gasteiger partial charge in [-0.1, -0.05) is 90.2 Å². The Labute approximate surface area is 174 Å². The van der Waals surface area contributed by atoms with Crippen LogP contribution in [0.3, 0.4) is 0 Å². The van der Waals surface area contributed by atoms with Gasteiger partial charge in [-0.05, 0) is 67.1 Å². The molecule has 1 aromatic carbocycles. The zero-order valence-corrected chi connectivity index (χ0v) is 18.6. The number of rotatable bonds is 10. The minimum atomic E-state index is 0.881. The fraction of sp³-hybridized carbons (Fsp3) is 0.778. The number of ether oxygens (including phenoxy) is 1. The lowest BCUT2D eigenvalue weighted by atomic mass is 9.78. The molecule has 0 aromatic heterocycles. The van der Waals surface area contributed by atoms with E-state index in [2.05, 4.69) is 38.1 Å². The standard InChI is InChI=1S/C27H44O/c1-3-5-23-11-13-25(14-12-23)15-16-26-17-19-27(20-18-26)28-21-4-6-24-9-7-22(2)8-10-24/h17-20,22-25H,3-16,21H2,1-2H3/t22-,23-,24-,25-. The summed E-state index contributed by atoms with van der Waals surface area (Å²) in [6.07, 6.45) is 19.6. The van der Waals surface area contributed by atoms with E-state index in [4.69, 9.17) is 4.74 Å². The van der Waals surface area contributed by atoms with Gasteiger partial charge in [-0.15, -0.1) is 0 Å². The molecule has 0 heterocycles. The molecule has 0 unspecified atom stereocenters. The molecule has 1 heteroatoms. The summed E-state index contributed by atoms with van der Waals surface area (Å²) in [6.45, 7) is 5.62.